The van der Waals surface area contributed by atoms with Crippen molar-refractivity contribution in [2.45, 2.75) is 45.8 Å². The third-order valence-corrected chi connectivity index (χ3v) is 3.51. The Morgan fingerprint density at radius 2 is 2.00 bits per heavy atom. The first-order valence-electron chi connectivity index (χ1n) is 7.54. The highest BCUT2D eigenvalue weighted by atomic mass is 16.5. The normalized spacial score (nSPS) is 23.8. The van der Waals surface area contributed by atoms with Gasteiger partial charge in [-0.15, -0.1) is 0 Å². The number of unbranched alkanes of at least 4 members (excludes halogenated alkanes) is 1. The number of nitrogens with one attached hydrogen (secondary N) is 1. The van der Waals surface area contributed by atoms with Crippen LogP contribution in [0.25, 0.3) is 0 Å². The van der Waals surface area contributed by atoms with Crippen molar-refractivity contribution in [3.05, 3.63) is 18.1 Å². The molecular formula is C15H26N4O. The van der Waals surface area contributed by atoms with Crippen molar-refractivity contribution < 1.29 is 4.74 Å². The number of morpholine rings is 1. The summed E-state index contributed by atoms with van der Waals surface area (Å²) in [5.74, 6) is 0.922. The minimum absolute atomic E-state index is 0.362. The SMILES string of the molecule is Cc1cc(NCCCCN2C[C@@H](C)O[C@H](C)C2)ncn1. The summed E-state index contributed by atoms with van der Waals surface area (Å²) in [5, 5.41) is 3.35. The number of aromatic nitrogens is 2. The predicted octanol–water partition coefficient (Wildman–Crippen LogP) is 2.09. The zero-order valence-electron chi connectivity index (χ0n) is 12.8. The fraction of sp³-hybridized carbons (Fsp3) is 0.733. The monoisotopic (exact) mass is 278 g/mol. The van der Waals surface area contributed by atoms with Gasteiger partial charge in [-0.3, -0.25) is 4.90 Å². The molecule has 0 bridgehead atoms. The summed E-state index contributed by atoms with van der Waals surface area (Å²) >= 11 is 0. The van der Waals surface area contributed by atoms with E-state index in [-0.39, 0.29) is 0 Å². The Hall–Kier alpha value is -1.20. The molecule has 20 heavy (non-hydrogen) atoms. The van der Waals surface area contributed by atoms with Crippen molar-refractivity contribution in [1.82, 2.24) is 14.9 Å². The standard InChI is InChI=1S/C15H26N4O/c1-12-8-15(18-11-17-12)16-6-4-5-7-19-9-13(2)20-14(3)10-19/h8,11,13-14H,4-7,9-10H2,1-3H3,(H,16,17,18)/t13-,14-/m1/s1. The van der Waals surface area contributed by atoms with Crippen LogP contribution in [-0.2, 0) is 4.74 Å². The number of aryl methyl sites for hydroxylation is 1. The molecule has 0 amide bonds. The van der Waals surface area contributed by atoms with Crippen LogP contribution in [0, 0.1) is 6.92 Å². The first-order valence-corrected chi connectivity index (χ1v) is 7.54. The number of hydrogen-bond donors (Lipinski definition) is 1. The predicted molar refractivity (Wildman–Crippen MR) is 80.9 cm³/mol. The minimum atomic E-state index is 0.362. The molecule has 1 aliphatic heterocycles. The van der Waals surface area contributed by atoms with Crippen LogP contribution in [0.15, 0.2) is 12.4 Å². The molecule has 2 rings (SSSR count). The van der Waals surface area contributed by atoms with Gasteiger partial charge in [0, 0.05) is 31.4 Å². The van der Waals surface area contributed by atoms with Gasteiger partial charge >= 0.3 is 0 Å². The number of hydrogen-bond acceptors (Lipinski definition) is 5. The van der Waals surface area contributed by atoms with E-state index in [2.05, 4.69) is 34.0 Å². The molecule has 1 aromatic heterocycles. The van der Waals surface area contributed by atoms with E-state index in [9.17, 15) is 0 Å². The van der Waals surface area contributed by atoms with Crippen LogP contribution in [-0.4, -0.2) is 53.3 Å². The van der Waals surface area contributed by atoms with Crippen molar-refractivity contribution in [3.63, 3.8) is 0 Å². The van der Waals surface area contributed by atoms with Crippen molar-refractivity contribution in [1.29, 1.82) is 0 Å². The van der Waals surface area contributed by atoms with Crippen LogP contribution in [0.3, 0.4) is 0 Å². The second-order valence-electron chi connectivity index (χ2n) is 5.70. The third-order valence-electron chi connectivity index (χ3n) is 3.51. The zero-order valence-corrected chi connectivity index (χ0v) is 12.8. The summed E-state index contributed by atoms with van der Waals surface area (Å²) in [5.41, 5.74) is 0.999. The van der Waals surface area contributed by atoms with Crippen molar-refractivity contribution in [2.75, 3.05) is 31.5 Å². The summed E-state index contributed by atoms with van der Waals surface area (Å²) in [6, 6.07) is 1.98. The molecule has 5 nitrogen and oxygen atoms in total. The lowest BCUT2D eigenvalue weighted by Crippen LogP contribution is -2.45. The molecule has 112 valence electrons. The van der Waals surface area contributed by atoms with Crippen LogP contribution in [0.5, 0.6) is 0 Å². The van der Waals surface area contributed by atoms with Crippen molar-refractivity contribution >= 4 is 5.82 Å². The molecule has 2 heterocycles. The van der Waals surface area contributed by atoms with Gasteiger partial charge in [-0.1, -0.05) is 0 Å². The average Bonchev–Trinajstić information content (AvgIpc) is 2.37. The lowest BCUT2D eigenvalue weighted by Gasteiger charge is -2.35. The quantitative estimate of drug-likeness (QED) is 0.807. The van der Waals surface area contributed by atoms with Gasteiger partial charge in [-0.25, -0.2) is 9.97 Å². The summed E-state index contributed by atoms with van der Waals surface area (Å²) in [6.07, 6.45) is 4.69. The number of rotatable bonds is 6. The topological polar surface area (TPSA) is 50.3 Å². The van der Waals surface area contributed by atoms with Crippen molar-refractivity contribution in [2.24, 2.45) is 0 Å². The van der Waals surface area contributed by atoms with Gasteiger partial charge < -0.3 is 10.1 Å². The maximum Gasteiger partial charge on any atom is 0.129 e. The van der Waals surface area contributed by atoms with E-state index in [1.807, 2.05) is 13.0 Å². The van der Waals surface area contributed by atoms with E-state index < -0.39 is 0 Å². The van der Waals surface area contributed by atoms with E-state index in [0.717, 1.165) is 44.1 Å². The van der Waals surface area contributed by atoms with Gasteiger partial charge in [0.05, 0.1) is 12.2 Å². The van der Waals surface area contributed by atoms with E-state index in [4.69, 9.17) is 4.74 Å². The largest absolute Gasteiger partial charge is 0.373 e. The maximum absolute atomic E-state index is 5.74. The van der Waals surface area contributed by atoms with Gasteiger partial charge in [0.25, 0.3) is 0 Å². The average molecular weight is 278 g/mol. The third kappa shape index (κ3) is 5.06. The molecule has 2 atom stereocenters. The molecule has 1 aliphatic rings. The molecule has 0 radical (unpaired) electrons. The fourth-order valence-corrected chi connectivity index (χ4v) is 2.70. The second kappa shape index (κ2) is 7.55. The Labute approximate surface area is 121 Å². The first-order chi connectivity index (χ1) is 9.63. The van der Waals surface area contributed by atoms with Gasteiger partial charge in [0.2, 0.25) is 0 Å². The van der Waals surface area contributed by atoms with Gasteiger partial charge in [0.1, 0.15) is 12.1 Å². The van der Waals surface area contributed by atoms with Gasteiger partial charge in [0.15, 0.2) is 0 Å². The Balaban J connectivity index is 1.59. The Kier molecular flexibility index (Phi) is 5.73. The van der Waals surface area contributed by atoms with E-state index in [0.29, 0.717) is 12.2 Å². The van der Waals surface area contributed by atoms with Crippen LogP contribution in [0.2, 0.25) is 0 Å². The summed E-state index contributed by atoms with van der Waals surface area (Å²) in [6.45, 7) is 10.5. The Bertz CT molecular complexity index is 403. The summed E-state index contributed by atoms with van der Waals surface area (Å²) in [7, 11) is 0. The first kappa shape index (κ1) is 15.2. The Morgan fingerprint density at radius 3 is 2.70 bits per heavy atom. The molecule has 5 heteroatoms. The van der Waals surface area contributed by atoms with Crippen LogP contribution in [0.1, 0.15) is 32.4 Å². The molecular weight excluding hydrogens is 252 g/mol. The molecule has 0 saturated carbocycles. The molecule has 0 aromatic carbocycles. The highest BCUT2D eigenvalue weighted by molar-refractivity contribution is 5.33. The van der Waals surface area contributed by atoms with Gasteiger partial charge in [-0.05, 0) is 40.2 Å². The minimum Gasteiger partial charge on any atom is -0.373 e. The molecule has 1 saturated heterocycles. The lowest BCUT2D eigenvalue weighted by atomic mass is 10.2. The van der Waals surface area contributed by atoms with Crippen LogP contribution in [0.4, 0.5) is 5.82 Å². The molecule has 1 fully saturated rings. The summed E-state index contributed by atoms with van der Waals surface area (Å²) < 4.78 is 5.74. The van der Waals surface area contributed by atoms with E-state index in [1.165, 1.54) is 6.42 Å². The van der Waals surface area contributed by atoms with Crippen LogP contribution >= 0.6 is 0 Å². The molecule has 1 N–H and O–H groups in total. The summed E-state index contributed by atoms with van der Waals surface area (Å²) in [4.78, 5) is 10.8. The number of anilines is 1. The lowest BCUT2D eigenvalue weighted by molar-refractivity contribution is -0.0681. The number of ether oxygens (including phenoxy) is 1. The zero-order chi connectivity index (χ0) is 14.4. The molecule has 0 aliphatic carbocycles. The van der Waals surface area contributed by atoms with E-state index in [1.54, 1.807) is 6.33 Å². The van der Waals surface area contributed by atoms with Crippen LogP contribution < -0.4 is 5.32 Å². The molecule has 1 aromatic rings. The Morgan fingerprint density at radius 1 is 1.25 bits per heavy atom. The smallest absolute Gasteiger partial charge is 0.129 e. The molecule has 0 spiro atoms. The van der Waals surface area contributed by atoms with Crippen molar-refractivity contribution in [3.8, 4) is 0 Å². The fourth-order valence-electron chi connectivity index (χ4n) is 2.70. The van der Waals surface area contributed by atoms with E-state index >= 15 is 0 Å². The highest BCUT2D eigenvalue weighted by Crippen LogP contribution is 2.11. The molecule has 0 unspecified atom stereocenters. The second-order valence-corrected chi connectivity index (χ2v) is 5.70. The maximum atomic E-state index is 5.74. The number of nitrogens with zero attached hydrogens (tertiary/aromatic N) is 3. The highest BCUT2D eigenvalue weighted by Gasteiger charge is 2.21. The van der Waals surface area contributed by atoms with Gasteiger partial charge in [-0.2, -0.15) is 0 Å².